The number of carbonyl (C=O) groups is 1. The topological polar surface area (TPSA) is 44.1 Å². The van der Waals surface area contributed by atoms with Gasteiger partial charge in [0.25, 0.3) is 0 Å². The number of hydrogen-bond acceptors (Lipinski definition) is 3. The Morgan fingerprint density at radius 2 is 2.53 bits per heavy atom. The Kier molecular flexibility index (Phi) is 4.58. The van der Waals surface area contributed by atoms with Crippen LogP contribution < -0.4 is 0 Å². The minimum atomic E-state index is -0.120. The van der Waals surface area contributed by atoms with Gasteiger partial charge in [-0.1, -0.05) is 0 Å². The number of nitrogens with zero attached hydrogens (tertiary/aromatic N) is 2. The first-order valence-electron chi connectivity index (χ1n) is 4.64. The van der Waals surface area contributed by atoms with Gasteiger partial charge >= 0.3 is 0 Å². The molecule has 1 aromatic rings. The van der Waals surface area contributed by atoms with E-state index in [1.54, 1.807) is 17.4 Å². The van der Waals surface area contributed by atoms with Crippen molar-refractivity contribution < 1.29 is 4.79 Å². The van der Waals surface area contributed by atoms with Gasteiger partial charge in [0.2, 0.25) is 5.91 Å². The molecule has 3 nitrogen and oxygen atoms in total. The molecule has 0 unspecified atom stereocenters. The summed E-state index contributed by atoms with van der Waals surface area (Å²) >= 11 is 1.59. The fourth-order valence-electron chi connectivity index (χ4n) is 1.07. The molecule has 0 aromatic carbocycles. The summed E-state index contributed by atoms with van der Waals surface area (Å²) in [5, 5.41) is 12.4. The van der Waals surface area contributed by atoms with E-state index in [0.29, 0.717) is 6.54 Å². The second-order valence-corrected chi connectivity index (χ2v) is 3.68. The van der Waals surface area contributed by atoms with Crippen LogP contribution in [0.2, 0.25) is 0 Å². The maximum atomic E-state index is 11.6. The van der Waals surface area contributed by atoms with Gasteiger partial charge in [-0.05, 0) is 35.4 Å². The molecule has 1 rings (SSSR count). The Bertz CT molecular complexity index is 376. The molecule has 4 heteroatoms. The number of nitriles is 1. The standard InChI is InChI=1S/C11H12N2OS/c1-2-13(7-6-12)11(14)4-3-10-5-8-15-9-10/h3-5,8-9H,2,7H2,1H3. The Morgan fingerprint density at radius 3 is 3.07 bits per heavy atom. The van der Waals surface area contributed by atoms with Crippen molar-refractivity contribution >= 4 is 23.3 Å². The maximum absolute atomic E-state index is 11.6. The van der Waals surface area contributed by atoms with Crippen LogP contribution in [0, 0.1) is 11.3 Å². The van der Waals surface area contributed by atoms with Crippen LogP contribution in [0.25, 0.3) is 6.08 Å². The number of carbonyl (C=O) groups excluding carboxylic acids is 1. The van der Waals surface area contributed by atoms with Crippen molar-refractivity contribution in [3.63, 3.8) is 0 Å². The molecule has 0 saturated heterocycles. The van der Waals surface area contributed by atoms with Crippen molar-refractivity contribution in [2.24, 2.45) is 0 Å². The van der Waals surface area contributed by atoms with Crippen LogP contribution in [0.3, 0.4) is 0 Å². The van der Waals surface area contributed by atoms with Crippen molar-refractivity contribution in [1.29, 1.82) is 5.26 Å². The quantitative estimate of drug-likeness (QED) is 0.576. The smallest absolute Gasteiger partial charge is 0.247 e. The second kappa shape index (κ2) is 5.99. The second-order valence-electron chi connectivity index (χ2n) is 2.90. The Morgan fingerprint density at radius 1 is 1.73 bits per heavy atom. The lowest BCUT2D eigenvalue weighted by Gasteiger charge is -2.14. The SMILES string of the molecule is CCN(CC#N)C(=O)C=Cc1ccsc1. The molecule has 0 aliphatic heterocycles. The lowest BCUT2D eigenvalue weighted by Crippen LogP contribution is -2.29. The Labute approximate surface area is 93.3 Å². The zero-order valence-corrected chi connectivity index (χ0v) is 9.33. The molecule has 0 saturated carbocycles. The first-order chi connectivity index (χ1) is 7.27. The number of thiophene rings is 1. The van der Waals surface area contributed by atoms with Crippen LogP contribution in [0.4, 0.5) is 0 Å². The van der Waals surface area contributed by atoms with Gasteiger partial charge in [0.15, 0.2) is 0 Å². The summed E-state index contributed by atoms with van der Waals surface area (Å²) in [6.45, 7) is 2.55. The molecule has 0 radical (unpaired) electrons. The molecule has 0 aliphatic rings. The Balaban J connectivity index is 2.58. The van der Waals surface area contributed by atoms with Crippen molar-refractivity contribution in [1.82, 2.24) is 4.90 Å². The number of rotatable bonds is 4. The van der Waals surface area contributed by atoms with E-state index in [2.05, 4.69) is 0 Å². The molecule has 0 spiro atoms. The van der Waals surface area contributed by atoms with Gasteiger partial charge in [-0.2, -0.15) is 16.6 Å². The molecule has 0 bridgehead atoms. The van der Waals surface area contributed by atoms with Crippen LogP contribution in [0.5, 0.6) is 0 Å². The highest BCUT2D eigenvalue weighted by atomic mass is 32.1. The van der Waals surface area contributed by atoms with E-state index in [-0.39, 0.29) is 12.5 Å². The van der Waals surface area contributed by atoms with Crippen LogP contribution in [0.1, 0.15) is 12.5 Å². The first kappa shape index (κ1) is 11.5. The molecule has 1 aromatic heterocycles. The zero-order chi connectivity index (χ0) is 11.1. The van der Waals surface area contributed by atoms with Gasteiger partial charge in [0.05, 0.1) is 6.07 Å². The Hall–Kier alpha value is -1.60. The van der Waals surface area contributed by atoms with E-state index in [4.69, 9.17) is 5.26 Å². The summed E-state index contributed by atoms with van der Waals surface area (Å²) in [6, 6.07) is 3.91. The third-order valence-electron chi connectivity index (χ3n) is 1.92. The van der Waals surface area contributed by atoms with Gasteiger partial charge in [0, 0.05) is 12.6 Å². The minimum absolute atomic E-state index is 0.120. The average molecular weight is 220 g/mol. The minimum Gasteiger partial charge on any atom is -0.326 e. The first-order valence-corrected chi connectivity index (χ1v) is 5.58. The molecular formula is C11H12N2OS. The zero-order valence-electron chi connectivity index (χ0n) is 8.51. The van der Waals surface area contributed by atoms with Gasteiger partial charge in [-0.3, -0.25) is 4.79 Å². The van der Waals surface area contributed by atoms with E-state index in [1.807, 2.05) is 29.8 Å². The summed E-state index contributed by atoms with van der Waals surface area (Å²) in [5.41, 5.74) is 1.02. The molecule has 1 heterocycles. The average Bonchev–Trinajstić information content (AvgIpc) is 2.75. The van der Waals surface area contributed by atoms with E-state index in [9.17, 15) is 4.79 Å². The molecule has 0 atom stereocenters. The fraction of sp³-hybridized carbons (Fsp3) is 0.273. The highest BCUT2D eigenvalue weighted by Gasteiger charge is 2.06. The highest BCUT2D eigenvalue weighted by molar-refractivity contribution is 7.08. The van der Waals surface area contributed by atoms with E-state index in [1.165, 1.54) is 11.0 Å². The summed E-state index contributed by atoms with van der Waals surface area (Å²) in [4.78, 5) is 13.0. The van der Waals surface area contributed by atoms with Crippen molar-refractivity contribution in [2.75, 3.05) is 13.1 Å². The summed E-state index contributed by atoms with van der Waals surface area (Å²) in [7, 11) is 0. The third kappa shape index (κ3) is 3.56. The molecule has 1 amide bonds. The highest BCUT2D eigenvalue weighted by Crippen LogP contribution is 2.07. The molecule has 15 heavy (non-hydrogen) atoms. The lowest BCUT2D eigenvalue weighted by molar-refractivity contribution is -0.125. The van der Waals surface area contributed by atoms with E-state index >= 15 is 0 Å². The van der Waals surface area contributed by atoms with Gasteiger partial charge in [-0.15, -0.1) is 0 Å². The lowest BCUT2D eigenvalue weighted by atomic mass is 10.3. The molecule has 0 fully saturated rings. The predicted molar refractivity (Wildman–Crippen MR) is 61.2 cm³/mol. The maximum Gasteiger partial charge on any atom is 0.247 e. The normalized spacial score (nSPS) is 10.1. The summed E-state index contributed by atoms with van der Waals surface area (Å²) in [5.74, 6) is -0.120. The van der Waals surface area contributed by atoms with Crippen LogP contribution >= 0.6 is 11.3 Å². The fourth-order valence-corrected chi connectivity index (χ4v) is 1.70. The molecule has 0 aliphatic carbocycles. The molecular weight excluding hydrogens is 208 g/mol. The van der Waals surface area contributed by atoms with Crippen LogP contribution in [0.15, 0.2) is 22.9 Å². The predicted octanol–water partition coefficient (Wildman–Crippen LogP) is 2.13. The van der Waals surface area contributed by atoms with Gasteiger partial charge < -0.3 is 4.90 Å². The number of hydrogen-bond donors (Lipinski definition) is 0. The van der Waals surface area contributed by atoms with Gasteiger partial charge in [-0.25, -0.2) is 0 Å². The monoisotopic (exact) mass is 220 g/mol. The molecule has 78 valence electrons. The van der Waals surface area contributed by atoms with E-state index in [0.717, 1.165) is 5.56 Å². The largest absolute Gasteiger partial charge is 0.326 e. The summed E-state index contributed by atoms with van der Waals surface area (Å²) < 4.78 is 0. The number of likely N-dealkylation sites (N-methyl/N-ethyl adjacent to an activating group) is 1. The van der Waals surface area contributed by atoms with Crippen LogP contribution in [-0.2, 0) is 4.79 Å². The molecule has 0 N–H and O–H groups in total. The van der Waals surface area contributed by atoms with Gasteiger partial charge in [0.1, 0.15) is 6.54 Å². The number of amides is 1. The van der Waals surface area contributed by atoms with Crippen molar-refractivity contribution in [3.8, 4) is 6.07 Å². The van der Waals surface area contributed by atoms with E-state index < -0.39 is 0 Å². The third-order valence-corrected chi connectivity index (χ3v) is 2.62. The summed E-state index contributed by atoms with van der Waals surface area (Å²) in [6.07, 6.45) is 3.27. The van der Waals surface area contributed by atoms with Crippen LogP contribution in [-0.4, -0.2) is 23.9 Å². The van der Waals surface area contributed by atoms with Crippen molar-refractivity contribution in [3.05, 3.63) is 28.5 Å². The van der Waals surface area contributed by atoms with Crippen molar-refractivity contribution in [2.45, 2.75) is 6.92 Å².